The van der Waals surface area contributed by atoms with Crippen LogP contribution in [0.2, 0.25) is 0 Å². The number of carboxylic acid groups (broad SMARTS) is 1. The Balaban J connectivity index is 2.17. The number of para-hydroxylation sites is 2. The minimum Gasteiger partial charge on any atom is -0.478 e. The zero-order valence-electron chi connectivity index (χ0n) is 12.2. The van der Waals surface area contributed by atoms with Gasteiger partial charge in [-0.1, -0.05) is 12.1 Å². The average molecular weight is 361 g/mol. The van der Waals surface area contributed by atoms with Crippen LogP contribution in [0.4, 0.5) is 11.4 Å². The molecule has 0 atom stereocenters. The van der Waals surface area contributed by atoms with Crippen molar-refractivity contribution < 1.29 is 25.0 Å². The van der Waals surface area contributed by atoms with Gasteiger partial charge < -0.3 is 10.1 Å². The lowest BCUT2D eigenvalue weighted by molar-refractivity contribution is -0.731. The van der Waals surface area contributed by atoms with E-state index in [9.17, 15) is 25.0 Å². The molecule has 0 amide bonds. The first-order valence-corrected chi connectivity index (χ1v) is 7.53. The van der Waals surface area contributed by atoms with Crippen molar-refractivity contribution in [3.63, 3.8) is 0 Å². The van der Waals surface area contributed by atoms with Crippen molar-refractivity contribution in [1.29, 1.82) is 0 Å². The van der Waals surface area contributed by atoms with Gasteiger partial charge in [-0.15, -0.1) is 0 Å². The van der Waals surface area contributed by atoms with Gasteiger partial charge in [0.1, 0.15) is 0 Å². The number of aromatic nitrogens is 2. The summed E-state index contributed by atoms with van der Waals surface area (Å²) in [4.78, 5) is 39.3. The molecule has 0 aliphatic heterocycles. The highest BCUT2D eigenvalue weighted by molar-refractivity contribution is 7.99. The van der Waals surface area contributed by atoms with Crippen molar-refractivity contribution in [3.8, 4) is 0 Å². The summed E-state index contributed by atoms with van der Waals surface area (Å²) < 4.78 is 0. The fraction of sp³-hybridized carbons (Fsp3) is 0. The quantitative estimate of drug-likeness (QED) is 0.463. The van der Waals surface area contributed by atoms with Crippen LogP contribution in [0, 0.1) is 15.0 Å². The third kappa shape index (κ3) is 3.12. The second-order valence-corrected chi connectivity index (χ2v) is 5.84. The molecule has 126 valence electrons. The molecular formula is C14H9N4O6S+. The summed E-state index contributed by atoms with van der Waals surface area (Å²) in [6.45, 7) is 0. The smallest absolute Gasteiger partial charge is 0.338 e. The minimum atomic E-state index is -1.47. The number of aromatic carboxylic acids is 1. The standard InChI is InChI=1S/C14H8N4O6S/c19-13(20)7-5-10(17(21)22)12(11(6-7)18(23)24)25-14-15-8-3-1-2-4-9(8)16-14/h1-6H,(H2-,15,16,19,20,21,22)/p+1. The van der Waals surface area contributed by atoms with E-state index in [1.165, 1.54) is 0 Å². The highest BCUT2D eigenvalue weighted by atomic mass is 32.2. The number of nitrogens with one attached hydrogen (secondary N) is 1. The fourth-order valence-electron chi connectivity index (χ4n) is 2.18. The first-order chi connectivity index (χ1) is 11.9. The molecule has 25 heavy (non-hydrogen) atoms. The third-order valence-electron chi connectivity index (χ3n) is 3.27. The van der Waals surface area contributed by atoms with Crippen LogP contribution in [-0.4, -0.2) is 36.1 Å². The lowest BCUT2D eigenvalue weighted by Gasteiger charge is -2.02. The Labute approximate surface area is 142 Å². The van der Waals surface area contributed by atoms with Crippen LogP contribution in [0.25, 0.3) is 11.0 Å². The molecule has 0 saturated heterocycles. The number of hydrogen-bond donors (Lipinski definition) is 3. The average Bonchev–Trinajstić information content (AvgIpc) is 2.96. The molecule has 0 spiro atoms. The van der Waals surface area contributed by atoms with Gasteiger partial charge in [0.05, 0.1) is 26.4 Å². The predicted octanol–water partition coefficient (Wildman–Crippen LogP) is 3.12. The van der Waals surface area contributed by atoms with Crippen LogP contribution < -0.4 is 0 Å². The molecule has 0 bridgehead atoms. The molecular weight excluding hydrogens is 352 g/mol. The minimum absolute atomic E-state index is 0.230. The highest BCUT2D eigenvalue weighted by Crippen LogP contribution is 2.41. The number of carboxylic acids is 1. The zero-order valence-corrected chi connectivity index (χ0v) is 13.1. The molecule has 0 fully saturated rings. The van der Waals surface area contributed by atoms with Gasteiger partial charge in [0.15, 0.2) is 10.1 Å². The molecule has 0 aliphatic rings. The summed E-state index contributed by atoms with van der Waals surface area (Å²) in [5, 5.41) is 29.8. The summed E-state index contributed by atoms with van der Waals surface area (Å²) in [7, 11) is 0. The summed E-state index contributed by atoms with van der Waals surface area (Å²) >= 11 is 0.741. The van der Waals surface area contributed by atoms with Crippen LogP contribution in [0.1, 0.15) is 10.4 Å². The van der Waals surface area contributed by atoms with Gasteiger partial charge in [0, 0.05) is 12.1 Å². The molecule has 1 heterocycles. The Morgan fingerprint density at radius 2 is 1.88 bits per heavy atom. The van der Waals surface area contributed by atoms with Gasteiger partial charge in [-0.05, 0) is 23.9 Å². The first-order valence-electron chi connectivity index (χ1n) is 6.71. The number of nitrogens with zero attached hydrogens (tertiary/aromatic N) is 3. The topological polar surface area (TPSA) is 149 Å². The van der Waals surface area contributed by atoms with E-state index in [0.717, 1.165) is 23.9 Å². The molecule has 0 radical (unpaired) electrons. The molecule has 3 aromatic rings. The van der Waals surface area contributed by atoms with E-state index in [0.29, 0.717) is 11.0 Å². The van der Waals surface area contributed by atoms with E-state index in [1.807, 2.05) is 0 Å². The lowest BCUT2D eigenvalue weighted by Crippen LogP contribution is -2.04. The fourth-order valence-corrected chi connectivity index (χ4v) is 3.16. The molecule has 2 aromatic carbocycles. The van der Waals surface area contributed by atoms with Crippen molar-refractivity contribution in [2.24, 2.45) is 0 Å². The van der Waals surface area contributed by atoms with E-state index in [-0.39, 0.29) is 10.1 Å². The summed E-state index contributed by atoms with van der Waals surface area (Å²) in [5.41, 5.74) is -0.392. The highest BCUT2D eigenvalue weighted by Gasteiger charge is 2.32. The number of rotatable bonds is 5. The number of aromatic amines is 1. The number of benzene rings is 2. The first kappa shape index (κ1) is 16.4. The van der Waals surface area contributed by atoms with Gasteiger partial charge in [0.2, 0.25) is 0 Å². The third-order valence-corrected chi connectivity index (χ3v) is 4.27. The molecule has 3 rings (SSSR count). The van der Waals surface area contributed by atoms with Crippen LogP contribution in [0.5, 0.6) is 0 Å². The van der Waals surface area contributed by atoms with Crippen LogP contribution in [0.3, 0.4) is 0 Å². The summed E-state index contributed by atoms with van der Waals surface area (Å²) in [5.74, 6) is -1.47. The Morgan fingerprint density at radius 1 is 1.20 bits per heavy atom. The van der Waals surface area contributed by atoms with Crippen LogP contribution in [-0.2, 0) is 0 Å². The Kier molecular flexibility index (Phi) is 4.07. The Hall–Kier alpha value is -3.47. The predicted molar refractivity (Wildman–Crippen MR) is 85.3 cm³/mol. The normalized spacial score (nSPS) is 10.7. The number of imidazole rings is 1. The molecule has 0 unspecified atom stereocenters. The maximum atomic E-state index is 11.4. The SMILES string of the molecule is O=C(O)c1cc([N+](=O)[O-])c(Sc2nc3ccccc3[nH]2)c([N+](=O)O)c1. The van der Waals surface area contributed by atoms with Gasteiger partial charge >= 0.3 is 11.7 Å². The van der Waals surface area contributed by atoms with Crippen LogP contribution in [0.15, 0.2) is 46.5 Å². The number of fused-ring (bicyclic) bond motifs is 1. The monoisotopic (exact) mass is 361 g/mol. The molecule has 0 saturated carbocycles. The summed E-state index contributed by atoms with van der Waals surface area (Å²) in [6.07, 6.45) is 0. The lowest BCUT2D eigenvalue weighted by atomic mass is 10.2. The van der Waals surface area contributed by atoms with E-state index in [2.05, 4.69) is 9.97 Å². The second-order valence-electron chi connectivity index (χ2n) is 4.84. The Bertz CT molecular complexity index is 963. The maximum absolute atomic E-state index is 11.4. The number of nitro benzene ring substituents is 1. The second kappa shape index (κ2) is 6.20. The molecule has 11 heteroatoms. The molecule has 1 aromatic heterocycles. The molecule has 3 N–H and O–H groups in total. The van der Waals surface area contributed by atoms with Gasteiger partial charge in [0.25, 0.3) is 10.6 Å². The van der Waals surface area contributed by atoms with E-state index in [1.54, 1.807) is 24.3 Å². The zero-order chi connectivity index (χ0) is 18.1. The van der Waals surface area contributed by atoms with Crippen molar-refractivity contribution in [1.82, 2.24) is 9.97 Å². The Morgan fingerprint density at radius 3 is 2.48 bits per heavy atom. The van der Waals surface area contributed by atoms with Crippen molar-refractivity contribution >= 4 is 40.1 Å². The van der Waals surface area contributed by atoms with Crippen LogP contribution >= 0.6 is 11.8 Å². The van der Waals surface area contributed by atoms with Crippen molar-refractivity contribution in [3.05, 3.63) is 57.0 Å². The molecule has 0 aliphatic carbocycles. The summed E-state index contributed by atoms with van der Waals surface area (Å²) in [6, 6.07) is 8.69. The van der Waals surface area contributed by atoms with E-state index in [4.69, 9.17) is 5.11 Å². The van der Waals surface area contributed by atoms with E-state index >= 15 is 0 Å². The largest absolute Gasteiger partial charge is 0.478 e. The maximum Gasteiger partial charge on any atom is 0.338 e. The van der Waals surface area contributed by atoms with Gasteiger partial charge in [-0.25, -0.2) is 15.0 Å². The van der Waals surface area contributed by atoms with E-state index < -0.39 is 32.8 Å². The van der Waals surface area contributed by atoms with Crippen molar-refractivity contribution in [2.75, 3.05) is 0 Å². The van der Waals surface area contributed by atoms with Crippen molar-refractivity contribution in [2.45, 2.75) is 10.1 Å². The number of carbonyl (C=O) groups is 1. The number of nitro groups is 1. The number of H-pyrrole nitrogens is 1. The number of hydrogen-bond acceptors (Lipinski definition) is 6. The van der Waals surface area contributed by atoms with Gasteiger partial charge in [-0.3, -0.25) is 10.1 Å². The van der Waals surface area contributed by atoms with Gasteiger partial charge in [-0.2, -0.15) is 0 Å². The molecule has 10 nitrogen and oxygen atoms in total.